The Hall–Kier alpha value is -3.75. The van der Waals surface area contributed by atoms with Gasteiger partial charge in [0.25, 0.3) is 0 Å². The van der Waals surface area contributed by atoms with Gasteiger partial charge in [-0.25, -0.2) is 24.8 Å². The van der Waals surface area contributed by atoms with Crippen molar-refractivity contribution in [3.63, 3.8) is 0 Å². The molecule has 5 N–H and O–H groups in total. The Kier molecular flexibility index (Phi) is 7.68. The summed E-state index contributed by atoms with van der Waals surface area (Å²) in [6, 6.07) is 9.17. The number of nitrogens with two attached hydrogens (primary N) is 1. The van der Waals surface area contributed by atoms with E-state index >= 15 is 0 Å². The van der Waals surface area contributed by atoms with Gasteiger partial charge in [0.05, 0.1) is 35.8 Å². The molecule has 1 saturated heterocycles. The minimum atomic E-state index is -1.21. The number of nitrogens with zero attached hydrogens (tertiary/aromatic N) is 4. The highest BCUT2D eigenvalue weighted by Crippen LogP contribution is 2.36. The molecule has 0 bridgehead atoms. The summed E-state index contributed by atoms with van der Waals surface area (Å²) in [6.45, 7) is 1.66. The lowest BCUT2D eigenvalue weighted by Crippen LogP contribution is -2.38. The first-order valence-electron chi connectivity index (χ1n) is 12.2. The number of rotatable bonds is 7. The van der Waals surface area contributed by atoms with Crippen LogP contribution in [0.15, 0.2) is 41.4 Å². The number of hydrogen-bond donors (Lipinski definition) is 4. The maximum Gasteiger partial charge on any atom is 0.220 e. The number of halogens is 1. The molecule has 0 radical (unpaired) electrons. The lowest BCUT2D eigenvalue weighted by Gasteiger charge is -2.26. The Labute approximate surface area is 223 Å². The lowest BCUT2D eigenvalue weighted by atomic mass is 9.91. The summed E-state index contributed by atoms with van der Waals surface area (Å²) in [7, 11) is 2.88. The van der Waals surface area contributed by atoms with Crippen molar-refractivity contribution in [2.75, 3.05) is 26.6 Å². The fourth-order valence-electron chi connectivity index (χ4n) is 4.78. The van der Waals surface area contributed by atoms with Crippen LogP contribution in [0.4, 0.5) is 10.3 Å². The Balaban J connectivity index is 1.47. The number of anilines is 1. The van der Waals surface area contributed by atoms with E-state index in [4.69, 9.17) is 29.8 Å². The fourth-order valence-corrected chi connectivity index (χ4v) is 4.78. The summed E-state index contributed by atoms with van der Waals surface area (Å²) in [4.78, 5) is 23.7. The number of amidine groups is 1. The minimum absolute atomic E-state index is 0.114. The van der Waals surface area contributed by atoms with Gasteiger partial charge in [-0.3, -0.25) is 9.83 Å². The molecular formula is C26H29FN6O6. The van der Waals surface area contributed by atoms with Crippen molar-refractivity contribution in [1.82, 2.24) is 20.4 Å². The van der Waals surface area contributed by atoms with Crippen LogP contribution in [0.3, 0.4) is 0 Å². The normalized spacial score (nSPS) is 24.3. The third-order valence-corrected chi connectivity index (χ3v) is 6.64. The first-order valence-corrected chi connectivity index (χ1v) is 12.2. The molecule has 0 aliphatic carbocycles. The van der Waals surface area contributed by atoms with Crippen molar-refractivity contribution in [3.8, 4) is 17.1 Å². The molecule has 1 aromatic carbocycles. The largest absolute Gasteiger partial charge is 0.481 e. The van der Waals surface area contributed by atoms with Gasteiger partial charge in [0, 0.05) is 25.2 Å². The van der Waals surface area contributed by atoms with Crippen molar-refractivity contribution >= 4 is 11.8 Å². The Morgan fingerprint density at radius 2 is 1.95 bits per heavy atom. The first-order chi connectivity index (χ1) is 18.8. The van der Waals surface area contributed by atoms with Gasteiger partial charge in [0.1, 0.15) is 30.7 Å². The number of fused-ring (bicyclic) bond motifs is 1. The van der Waals surface area contributed by atoms with Crippen LogP contribution >= 0.6 is 0 Å². The Bertz CT molecular complexity index is 1390. The average molecular weight is 541 g/mol. The highest BCUT2D eigenvalue weighted by Gasteiger charge is 2.43. The molecule has 1 unspecified atom stereocenters. The third-order valence-electron chi connectivity index (χ3n) is 6.64. The molecule has 39 heavy (non-hydrogen) atoms. The van der Waals surface area contributed by atoms with Crippen molar-refractivity contribution in [3.05, 3.63) is 64.7 Å². The Morgan fingerprint density at radius 1 is 1.13 bits per heavy atom. The number of nitrogen functional groups attached to an aromatic ring is 1. The lowest BCUT2D eigenvalue weighted by molar-refractivity contribution is -0.158. The molecule has 0 amide bonds. The predicted octanol–water partition coefficient (Wildman–Crippen LogP) is 1.24. The molecule has 0 spiro atoms. The summed E-state index contributed by atoms with van der Waals surface area (Å²) >= 11 is 0. The number of benzene rings is 1. The molecule has 4 heterocycles. The smallest absolute Gasteiger partial charge is 0.220 e. The number of aliphatic hydroxyl groups is 2. The minimum Gasteiger partial charge on any atom is -0.481 e. The van der Waals surface area contributed by atoms with E-state index in [2.05, 4.69) is 20.4 Å². The second-order valence-corrected chi connectivity index (χ2v) is 9.16. The molecule has 3 aromatic rings. The summed E-state index contributed by atoms with van der Waals surface area (Å²) in [5.41, 5.74) is 12.4. The highest BCUT2D eigenvalue weighted by molar-refractivity contribution is 6.01. The summed E-state index contributed by atoms with van der Waals surface area (Å²) < 4.78 is 30.2. The van der Waals surface area contributed by atoms with Crippen LogP contribution in [-0.2, 0) is 20.7 Å². The molecule has 206 valence electrons. The molecule has 2 aromatic heterocycles. The fraction of sp³-hybridized carbons (Fsp3) is 0.385. The number of hydrogen-bond acceptors (Lipinski definition) is 12. The SMILES string of the molecule is COc1cccc(-c2cc(F)ccc2[C@H]2Cc3nc(N)nc(C)c3C(NOC[C@H]3OC(OC)[C@@H](O)[C@@H]3O)=N2)n1. The van der Waals surface area contributed by atoms with Crippen molar-refractivity contribution in [2.45, 2.75) is 44.0 Å². The zero-order chi connectivity index (χ0) is 27.7. The van der Waals surface area contributed by atoms with Crippen LogP contribution in [0.2, 0.25) is 0 Å². The van der Waals surface area contributed by atoms with Crippen molar-refractivity contribution in [1.29, 1.82) is 0 Å². The van der Waals surface area contributed by atoms with E-state index in [-0.39, 0.29) is 12.6 Å². The molecule has 5 rings (SSSR count). The summed E-state index contributed by atoms with van der Waals surface area (Å²) in [6.07, 6.45) is -3.86. The van der Waals surface area contributed by atoms with Crippen LogP contribution < -0.4 is 16.0 Å². The first kappa shape index (κ1) is 26.8. The number of nitrogens with one attached hydrogen (secondary N) is 1. The molecule has 5 atom stereocenters. The number of aryl methyl sites for hydroxylation is 1. The van der Waals surface area contributed by atoms with Gasteiger partial charge in [0.2, 0.25) is 11.8 Å². The number of aromatic nitrogens is 3. The number of ether oxygens (including phenoxy) is 3. The van der Waals surface area contributed by atoms with Crippen LogP contribution in [0.25, 0.3) is 11.3 Å². The van der Waals surface area contributed by atoms with E-state index in [0.717, 1.165) is 0 Å². The maximum absolute atomic E-state index is 14.4. The molecule has 12 nitrogen and oxygen atoms in total. The van der Waals surface area contributed by atoms with Crippen LogP contribution in [0, 0.1) is 12.7 Å². The van der Waals surface area contributed by atoms with Crippen LogP contribution in [0.1, 0.15) is 28.6 Å². The zero-order valence-electron chi connectivity index (χ0n) is 21.5. The maximum atomic E-state index is 14.4. The number of pyridine rings is 1. The van der Waals surface area contributed by atoms with Gasteiger partial charge in [-0.1, -0.05) is 12.1 Å². The standard InChI is InChI=1S/C26H29FN6O6/c1-12-21-18(32-26(28)29-12)10-17(31-24(21)33-38-11-19-22(34)23(35)25(37-3)39-19)14-8-7-13(27)9-15(14)16-5-4-6-20(30-16)36-2/h4-9,17,19,22-23,25,34-35H,10-11H2,1-3H3,(H,31,33)(H2,28,29,32)/t17-,19-,22-,23+,25?/m1/s1. The van der Waals surface area contributed by atoms with Crippen LogP contribution in [-0.4, -0.2) is 76.4 Å². The van der Waals surface area contributed by atoms with E-state index < -0.39 is 36.5 Å². The average Bonchev–Trinajstić information content (AvgIpc) is 3.20. The summed E-state index contributed by atoms with van der Waals surface area (Å²) in [5, 5.41) is 20.3. The zero-order valence-corrected chi connectivity index (χ0v) is 21.5. The second-order valence-electron chi connectivity index (χ2n) is 9.16. The monoisotopic (exact) mass is 540 g/mol. The van der Waals surface area contributed by atoms with E-state index in [1.165, 1.54) is 26.4 Å². The number of methoxy groups -OCH3 is 2. The van der Waals surface area contributed by atoms with Gasteiger partial charge in [-0.05, 0) is 30.7 Å². The van der Waals surface area contributed by atoms with Crippen LogP contribution in [0.5, 0.6) is 5.88 Å². The van der Waals surface area contributed by atoms with Gasteiger partial charge >= 0.3 is 0 Å². The van der Waals surface area contributed by atoms with Gasteiger partial charge in [-0.2, -0.15) is 0 Å². The van der Waals surface area contributed by atoms with E-state index in [9.17, 15) is 14.6 Å². The number of hydroxylamine groups is 1. The van der Waals surface area contributed by atoms with Gasteiger partial charge in [0.15, 0.2) is 12.1 Å². The van der Waals surface area contributed by atoms with Crippen molar-refractivity contribution < 1.29 is 33.7 Å². The molecular weight excluding hydrogens is 511 g/mol. The quantitative estimate of drug-likeness (QED) is 0.318. The van der Waals surface area contributed by atoms with E-state index in [1.807, 2.05) is 0 Å². The molecule has 2 aliphatic heterocycles. The topological polar surface area (TPSA) is 166 Å². The number of aliphatic hydroxyl groups excluding tert-OH is 2. The molecule has 2 aliphatic rings. The summed E-state index contributed by atoms with van der Waals surface area (Å²) in [5.74, 6) is 0.408. The molecule has 0 saturated carbocycles. The van der Waals surface area contributed by atoms with Gasteiger partial charge in [-0.15, -0.1) is 0 Å². The molecule has 13 heteroatoms. The third kappa shape index (κ3) is 5.40. The second kappa shape index (κ2) is 11.2. The number of aliphatic imine (C=N–C) groups is 1. The van der Waals surface area contributed by atoms with E-state index in [1.54, 1.807) is 31.2 Å². The van der Waals surface area contributed by atoms with Crippen molar-refractivity contribution in [2.24, 2.45) is 4.99 Å². The highest BCUT2D eigenvalue weighted by atomic mass is 19.1. The van der Waals surface area contributed by atoms with Gasteiger partial charge < -0.3 is 30.2 Å². The van der Waals surface area contributed by atoms with E-state index in [0.29, 0.717) is 51.9 Å². The predicted molar refractivity (Wildman–Crippen MR) is 137 cm³/mol. The molecule has 1 fully saturated rings. The Morgan fingerprint density at radius 3 is 2.69 bits per heavy atom.